The Hall–Kier alpha value is -0.810. The fourth-order valence-electron chi connectivity index (χ4n) is 2.72. The fraction of sp³-hybridized carbons (Fsp3) is 0.933. The minimum atomic E-state index is -0.169. The molecule has 0 aliphatic carbocycles. The molecule has 20 heavy (non-hydrogen) atoms. The monoisotopic (exact) mass is 285 g/mol. The zero-order valence-corrected chi connectivity index (χ0v) is 13.2. The molecule has 2 unspecified atom stereocenters. The second-order valence-corrected chi connectivity index (χ2v) is 6.48. The van der Waals surface area contributed by atoms with Crippen LogP contribution in [0.4, 0.5) is 4.79 Å². The molecule has 0 saturated carbocycles. The van der Waals surface area contributed by atoms with Gasteiger partial charge in [-0.2, -0.15) is 0 Å². The quantitative estimate of drug-likeness (QED) is 0.632. The highest BCUT2D eigenvalue weighted by Gasteiger charge is 2.16. The summed E-state index contributed by atoms with van der Waals surface area (Å²) in [5.41, 5.74) is 0. The summed E-state index contributed by atoms with van der Waals surface area (Å²) in [6.07, 6.45) is 3.40. The first-order chi connectivity index (χ1) is 9.51. The fourth-order valence-corrected chi connectivity index (χ4v) is 2.72. The molecule has 0 aromatic heterocycles. The smallest absolute Gasteiger partial charge is 0.315 e. The molecule has 1 rings (SSSR count). The molecule has 0 spiro atoms. The van der Waals surface area contributed by atoms with Gasteiger partial charge in [0.2, 0.25) is 0 Å². The standard InChI is InChI=1S/C15H31N3O2/c1-12(2)8-14(11-19)17-15(20)16-9-13(3)10-18-6-4-5-7-18/h12-14,19H,4-11H2,1-3H3,(H2,16,17,20). The predicted molar refractivity (Wildman–Crippen MR) is 81.7 cm³/mol. The SMILES string of the molecule is CC(C)CC(CO)NC(=O)NCC(C)CN1CCCC1. The summed E-state index contributed by atoms with van der Waals surface area (Å²) in [7, 11) is 0. The Bertz CT molecular complexity index is 278. The molecule has 118 valence electrons. The second-order valence-electron chi connectivity index (χ2n) is 6.48. The van der Waals surface area contributed by atoms with Crippen LogP contribution in [0.15, 0.2) is 0 Å². The first kappa shape index (κ1) is 17.2. The van der Waals surface area contributed by atoms with Crippen LogP contribution in [0.3, 0.4) is 0 Å². The van der Waals surface area contributed by atoms with Gasteiger partial charge < -0.3 is 20.6 Å². The van der Waals surface area contributed by atoms with Crippen molar-refractivity contribution in [3.05, 3.63) is 0 Å². The molecule has 1 heterocycles. The molecule has 0 aromatic carbocycles. The van der Waals surface area contributed by atoms with Crippen molar-refractivity contribution in [1.82, 2.24) is 15.5 Å². The number of aliphatic hydroxyl groups is 1. The third-order valence-electron chi connectivity index (χ3n) is 3.69. The lowest BCUT2D eigenvalue weighted by Gasteiger charge is -2.22. The minimum Gasteiger partial charge on any atom is -0.394 e. The van der Waals surface area contributed by atoms with E-state index in [-0.39, 0.29) is 18.7 Å². The van der Waals surface area contributed by atoms with Crippen LogP contribution < -0.4 is 10.6 Å². The molecule has 2 atom stereocenters. The van der Waals surface area contributed by atoms with Crippen LogP contribution in [0.25, 0.3) is 0 Å². The molecule has 0 aromatic rings. The van der Waals surface area contributed by atoms with Crippen molar-refractivity contribution in [1.29, 1.82) is 0 Å². The maximum atomic E-state index is 11.8. The summed E-state index contributed by atoms with van der Waals surface area (Å²) >= 11 is 0. The van der Waals surface area contributed by atoms with Gasteiger partial charge in [-0.1, -0.05) is 20.8 Å². The van der Waals surface area contributed by atoms with E-state index in [1.807, 2.05) is 0 Å². The van der Waals surface area contributed by atoms with Gasteiger partial charge in [0.1, 0.15) is 0 Å². The highest BCUT2D eigenvalue weighted by atomic mass is 16.3. The molecule has 2 amide bonds. The third-order valence-corrected chi connectivity index (χ3v) is 3.69. The van der Waals surface area contributed by atoms with Crippen molar-refractivity contribution in [2.45, 2.75) is 46.1 Å². The first-order valence-electron chi connectivity index (χ1n) is 7.88. The van der Waals surface area contributed by atoms with E-state index >= 15 is 0 Å². The highest BCUT2D eigenvalue weighted by Crippen LogP contribution is 2.09. The van der Waals surface area contributed by atoms with Gasteiger partial charge in [-0.3, -0.25) is 0 Å². The Kier molecular flexibility index (Phi) is 7.92. The molecular weight excluding hydrogens is 254 g/mol. The summed E-state index contributed by atoms with van der Waals surface area (Å²) in [5.74, 6) is 0.915. The first-order valence-corrected chi connectivity index (χ1v) is 7.88. The van der Waals surface area contributed by atoms with Gasteiger partial charge in [0.15, 0.2) is 0 Å². The van der Waals surface area contributed by atoms with Crippen molar-refractivity contribution in [2.24, 2.45) is 11.8 Å². The molecule has 0 radical (unpaired) electrons. The lowest BCUT2D eigenvalue weighted by atomic mass is 10.0. The van der Waals surface area contributed by atoms with Crippen molar-refractivity contribution >= 4 is 6.03 Å². The van der Waals surface area contributed by atoms with Gasteiger partial charge in [0.05, 0.1) is 12.6 Å². The molecule has 1 fully saturated rings. The lowest BCUT2D eigenvalue weighted by molar-refractivity contribution is 0.204. The largest absolute Gasteiger partial charge is 0.394 e. The van der Waals surface area contributed by atoms with Gasteiger partial charge >= 0.3 is 6.03 Å². The van der Waals surface area contributed by atoms with Crippen molar-refractivity contribution in [3.8, 4) is 0 Å². The van der Waals surface area contributed by atoms with E-state index in [0.717, 1.165) is 13.0 Å². The maximum absolute atomic E-state index is 11.8. The number of nitrogens with one attached hydrogen (secondary N) is 2. The maximum Gasteiger partial charge on any atom is 0.315 e. The van der Waals surface area contributed by atoms with Gasteiger partial charge in [0.25, 0.3) is 0 Å². The van der Waals surface area contributed by atoms with Crippen LogP contribution in [0.5, 0.6) is 0 Å². The lowest BCUT2D eigenvalue weighted by Crippen LogP contribution is -2.46. The summed E-state index contributed by atoms with van der Waals surface area (Å²) in [6, 6.07) is -0.318. The molecule has 0 bridgehead atoms. The van der Waals surface area contributed by atoms with E-state index < -0.39 is 0 Å². The molecule has 1 aliphatic heterocycles. The number of carbonyl (C=O) groups excluding carboxylic acids is 1. The number of aliphatic hydroxyl groups excluding tert-OH is 1. The number of amides is 2. The molecule has 1 aliphatic rings. The average Bonchev–Trinajstić information content (AvgIpc) is 2.87. The summed E-state index contributed by atoms with van der Waals surface area (Å²) in [4.78, 5) is 14.2. The molecule has 5 heteroatoms. The zero-order valence-electron chi connectivity index (χ0n) is 13.2. The number of urea groups is 1. The predicted octanol–water partition coefficient (Wildman–Crippen LogP) is 1.42. The number of hydrogen-bond acceptors (Lipinski definition) is 3. The van der Waals surface area contributed by atoms with E-state index in [0.29, 0.717) is 18.4 Å². The second kappa shape index (κ2) is 9.19. The average molecular weight is 285 g/mol. The number of hydrogen-bond donors (Lipinski definition) is 3. The van der Waals surface area contributed by atoms with E-state index in [9.17, 15) is 9.90 Å². The van der Waals surface area contributed by atoms with E-state index in [2.05, 4.69) is 36.3 Å². The van der Waals surface area contributed by atoms with Crippen molar-refractivity contribution in [3.63, 3.8) is 0 Å². The van der Waals surface area contributed by atoms with E-state index in [4.69, 9.17) is 0 Å². The molecular formula is C15H31N3O2. The molecule has 1 saturated heterocycles. The summed E-state index contributed by atoms with van der Waals surface area (Å²) in [5, 5.41) is 15.0. The number of likely N-dealkylation sites (tertiary alicyclic amines) is 1. The zero-order chi connectivity index (χ0) is 15.0. The Morgan fingerprint density at radius 2 is 1.90 bits per heavy atom. The van der Waals surface area contributed by atoms with Gasteiger partial charge in [-0.05, 0) is 44.2 Å². The van der Waals surface area contributed by atoms with E-state index in [1.165, 1.54) is 25.9 Å². The summed E-state index contributed by atoms with van der Waals surface area (Å²) < 4.78 is 0. The van der Waals surface area contributed by atoms with Crippen molar-refractivity contribution in [2.75, 3.05) is 32.8 Å². The normalized spacial score (nSPS) is 19.1. The van der Waals surface area contributed by atoms with Crippen LogP contribution in [-0.4, -0.2) is 54.9 Å². The van der Waals surface area contributed by atoms with Crippen molar-refractivity contribution < 1.29 is 9.90 Å². The van der Waals surface area contributed by atoms with Crippen LogP contribution in [0, 0.1) is 11.8 Å². The van der Waals surface area contributed by atoms with Gasteiger partial charge in [-0.15, -0.1) is 0 Å². The van der Waals surface area contributed by atoms with Crippen LogP contribution in [0.1, 0.15) is 40.0 Å². The van der Waals surface area contributed by atoms with Gasteiger partial charge in [-0.25, -0.2) is 4.79 Å². The van der Waals surface area contributed by atoms with Crippen LogP contribution >= 0.6 is 0 Å². The van der Waals surface area contributed by atoms with Crippen LogP contribution in [0.2, 0.25) is 0 Å². The molecule has 3 N–H and O–H groups in total. The number of rotatable bonds is 8. The Labute approximate surface area is 123 Å². The molecule has 5 nitrogen and oxygen atoms in total. The Balaban J connectivity index is 2.17. The minimum absolute atomic E-state index is 0.00503. The number of nitrogens with zero attached hydrogens (tertiary/aromatic N) is 1. The van der Waals surface area contributed by atoms with E-state index in [1.54, 1.807) is 0 Å². The highest BCUT2D eigenvalue weighted by molar-refractivity contribution is 5.74. The Morgan fingerprint density at radius 1 is 1.25 bits per heavy atom. The summed E-state index contributed by atoms with van der Waals surface area (Å²) in [6.45, 7) is 10.4. The Morgan fingerprint density at radius 3 is 2.45 bits per heavy atom. The van der Waals surface area contributed by atoms with Crippen LogP contribution in [-0.2, 0) is 0 Å². The van der Waals surface area contributed by atoms with Gasteiger partial charge in [0, 0.05) is 13.1 Å². The topological polar surface area (TPSA) is 64.6 Å². The third kappa shape index (κ3) is 7.10. The number of carbonyl (C=O) groups is 1.